The molecule has 1 aromatic carbocycles. The van der Waals surface area contributed by atoms with E-state index in [1.165, 1.54) is 0 Å². The summed E-state index contributed by atoms with van der Waals surface area (Å²) in [5.74, 6) is -1.33. The van der Waals surface area contributed by atoms with E-state index in [9.17, 15) is 8.78 Å². The summed E-state index contributed by atoms with van der Waals surface area (Å²) in [5, 5.41) is 8.73. The lowest BCUT2D eigenvalue weighted by atomic mass is 9.79. The molecular weight excluding hydrogens is 287 g/mol. The molecule has 3 nitrogen and oxygen atoms in total. The number of nitrogens with zero attached hydrogens (tertiary/aromatic N) is 1. The lowest BCUT2D eigenvalue weighted by molar-refractivity contribution is 0.00578. The molecule has 0 radical (unpaired) electrons. The summed E-state index contributed by atoms with van der Waals surface area (Å²) in [7, 11) is -0.409. The Balaban J connectivity index is 1.79. The van der Waals surface area contributed by atoms with E-state index in [-0.39, 0.29) is 17.3 Å². The first kappa shape index (κ1) is 15.5. The quantitative estimate of drug-likeness (QED) is 0.781. The molecule has 1 aromatic rings. The minimum Gasteiger partial charge on any atom is -0.403 e. The summed E-state index contributed by atoms with van der Waals surface area (Å²) in [4.78, 5) is 0. The van der Waals surface area contributed by atoms with Crippen molar-refractivity contribution in [1.82, 2.24) is 0 Å². The van der Waals surface area contributed by atoms with Crippen molar-refractivity contribution >= 4 is 7.12 Å². The molecule has 1 heterocycles. The number of hydrogen-bond acceptors (Lipinski definition) is 3. The molecule has 2 fully saturated rings. The van der Waals surface area contributed by atoms with Gasteiger partial charge in [0.1, 0.15) is 17.7 Å². The zero-order valence-electron chi connectivity index (χ0n) is 13.1. The fourth-order valence-corrected chi connectivity index (χ4v) is 2.87. The Kier molecular flexibility index (Phi) is 3.35. The van der Waals surface area contributed by atoms with Crippen molar-refractivity contribution in [3.8, 4) is 6.07 Å². The summed E-state index contributed by atoms with van der Waals surface area (Å²) in [6, 6.07) is 3.74. The van der Waals surface area contributed by atoms with Gasteiger partial charge in [0, 0.05) is 5.82 Å². The van der Waals surface area contributed by atoms with Crippen LogP contribution in [0, 0.1) is 23.0 Å². The van der Waals surface area contributed by atoms with E-state index in [1.807, 2.05) is 27.7 Å². The van der Waals surface area contributed by atoms with Gasteiger partial charge in [0.15, 0.2) is 0 Å². The third-order valence-electron chi connectivity index (χ3n) is 5.07. The van der Waals surface area contributed by atoms with Crippen LogP contribution in [0.2, 0.25) is 5.82 Å². The Bertz CT molecular complexity index is 653. The highest BCUT2D eigenvalue weighted by Crippen LogP contribution is 2.58. The first-order valence-corrected chi connectivity index (χ1v) is 7.41. The standard InChI is InChI=1S/C16H18BF2NO2/c1-15(2)16(3,4)22-17(21-15)12-6-10(12)11-7-13(18)9(8-20)5-14(11)19/h5,7,10,12H,6H2,1-4H3/t10-,12+/m1/s1. The number of nitriles is 1. The summed E-state index contributed by atoms with van der Waals surface area (Å²) in [5.41, 5.74) is -0.830. The van der Waals surface area contributed by atoms with Crippen LogP contribution in [0.25, 0.3) is 0 Å². The van der Waals surface area contributed by atoms with Crippen LogP contribution >= 0.6 is 0 Å². The predicted molar refractivity (Wildman–Crippen MR) is 78.3 cm³/mol. The van der Waals surface area contributed by atoms with Crippen LogP contribution in [0.4, 0.5) is 8.78 Å². The summed E-state index contributed by atoms with van der Waals surface area (Å²) < 4.78 is 39.7. The largest absolute Gasteiger partial charge is 0.461 e. The van der Waals surface area contributed by atoms with Gasteiger partial charge in [0.05, 0.1) is 16.8 Å². The Hall–Kier alpha value is -1.45. The van der Waals surface area contributed by atoms with E-state index in [1.54, 1.807) is 6.07 Å². The molecule has 0 amide bonds. The molecule has 1 aliphatic heterocycles. The lowest BCUT2D eigenvalue weighted by Gasteiger charge is -2.32. The molecule has 3 rings (SSSR count). The smallest absolute Gasteiger partial charge is 0.403 e. The zero-order chi connectivity index (χ0) is 16.3. The van der Waals surface area contributed by atoms with Crippen molar-refractivity contribution < 1.29 is 18.1 Å². The van der Waals surface area contributed by atoms with Crippen LogP contribution < -0.4 is 0 Å². The highest BCUT2D eigenvalue weighted by molar-refractivity contribution is 6.49. The Morgan fingerprint density at radius 1 is 1.14 bits per heavy atom. The fourth-order valence-electron chi connectivity index (χ4n) is 2.87. The van der Waals surface area contributed by atoms with Gasteiger partial charge in [-0.1, -0.05) is 0 Å². The molecule has 0 bridgehead atoms. The fraction of sp³-hybridized carbons (Fsp3) is 0.562. The van der Waals surface area contributed by atoms with E-state index >= 15 is 0 Å². The first-order valence-electron chi connectivity index (χ1n) is 7.41. The minimum absolute atomic E-state index is 0.0166. The minimum atomic E-state index is -0.682. The SMILES string of the molecule is CC1(C)OB([C@H]2C[C@@H]2c2cc(F)c(C#N)cc2F)OC1(C)C. The normalized spacial score (nSPS) is 28.5. The number of benzene rings is 1. The maximum absolute atomic E-state index is 14.1. The van der Waals surface area contributed by atoms with Gasteiger partial charge in [-0.3, -0.25) is 0 Å². The van der Waals surface area contributed by atoms with Gasteiger partial charge in [0.2, 0.25) is 0 Å². The van der Waals surface area contributed by atoms with Crippen molar-refractivity contribution in [2.24, 2.45) is 0 Å². The van der Waals surface area contributed by atoms with Gasteiger partial charge in [-0.2, -0.15) is 5.26 Å². The average molecular weight is 305 g/mol. The van der Waals surface area contributed by atoms with Crippen molar-refractivity contribution in [3.05, 3.63) is 34.9 Å². The van der Waals surface area contributed by atoms with Crippen molar-refractivity contribution in [2.75, 3.05) is 0 Å². The molecule has 116 valence electrons. The molecule has 1 aliphatic carbocycles. The molecule has 6 heteroatoms. The molecule has 1 saturated carbocycles. The zero-order valence-corrected chi connectivity index (χ0v) is 13.1. The van der Waals surface area contributed by atoms with Gasteiger partial charge in [-0.15, -0.1) is 0 Å². The second-order valence-corrected chi connectivity index (χ2v) is 7.10. The van der Waals surface area contributed by atoms with Crippen molar-refractivity contribution in [3.63, 3.8) is 0 Å². The number of rotatable bonds is 2. The second-order valence-electron chi connectivity index (χ2n) is 7.10. The third-order valence-corrected chi connectivity index (χ3v) is 5.07. The lowest BCUT2D eigenvalue weighted by Crippen LogP contribution is -2.41. The monoisotopic (exact) mass is 305 g/mol. The van der Waals surface area contributed by atoms with E-state index in [0.717, 1.165) is 12.1 Å². The molecule has 0 spiro atoms. The Morgan fingerprint density at radius 3 is 2.27 bits per heavy atom. The van der Waals surface area contributed by atoms with Gasteiger partial charge in [-0.25, -0.2) is 8.78 Å². The predicted octanol–water partition coefficient (Wildman–Crippen LogP) is 3.79. The van der Waals surface area contributed by atoms with E-state index in [2.05, 4.69) is 0 Å². The average Bonchev–Trinajstić information content (AvgIpc) is 3.15. The summed E-state index contributed by atoms with van der Waals surface area (Å²) in [6.45, 7) is 7.86. The van der Waals surface area contributed by atoms with Crippen LogP contribution in [0.3, 0.4) is 0 Å². The van der Waals surface area contributed by atoms with Crippen LogP contribution in [-0.4, -0.2) is 18.3 Å². The van der Waals surface area contributed by atoms with Gasteiger partial charge in [-0.05, 0) is 57.7 Å². The van der Waals surface area contributed by atoms with Crippen molar-refractivity contribution in [2.45, 2.75) is 57.1 Å². The van der Waals surface area contributed by atoms with Crippen LogP contribution in [0.5, 0.6) is 0 Å². The maximum atomic E-state index is 14.1. The Labute approximate surface area is 129 Å². The molecule has 0 aromatic heterocycles. The van der Waals surface area contributed by atoms with E-state index in [4.69, 9.17) is 14.6 Å². The van der Waals surface area contributed by atoms with E-state index < -0.39 is 30.0 Å². The first-order chi connectivity index (χ1) is 10.2. The number of halogens is 2. The van der Waals surface area contributed by atoms with Gasteiger partial charge >= 0.3 is 7.12 Å². The maximum Gasteiger partial charge on any atom is 0.461 e. The molecular formula is C16H18BF2NO2. The highest BCUT2D eigenvalue weighted by atomic mass is 19.1. The molecule has 2 atom stereocenters. The van der Waals surface area contributed by atoms with Crippen LogP contribution in [0.15, 0.2) is 12.1 Å². The van der Waals surface area contributed by atoms with Crippen LogP contribution in [0.1, 0.15) is 51.2 Å². The molecule has 0 N–H and O–H groups in total. The molecule has 1 saturated heterocycles. The highest BCUT2D eigenvalue weighted by Gasteiger charge is 2.60. The van der Waals surface area contributed by atoms with Crippen LogP contribution in [-0.2, 0) is 9.31 Å². The van der Waals surface area contributed by atoms with Gasteiger partial charge in [0.25, 0.3) is 0 Å². The molecule has 2 aliphatic rings. The number of hydrogen-bond donors (Lipinski definition) is 0. The third kappa shape index (κ3) is 2.33. The van der Waals surface area contributed by atoms with Crippen molar-refractivity contribution in [1.29, 1.82) is 5.26 Å². The van der Waals surface area contributed by atoms with Gasteiger partial charge < -0.3 is 9.31 Å². The topological polar surface area (TPSA) is 42.2 Å². The summed E-state index contributed by atoms with van der Waals surface area (Å²) >= 11 is 0. The van der Waals surface area contributed by atoms with E-state index in [0.29, 0.717) is 12.0 Å². The molecule has 0 unspecified atom stereocenters. The second kappa shape index (κ2) is 4.77. The molecule has 22 heavy (non-hydrogen) atoms. The Morgan fingerprint density at radius 2 is 1.73 bits per heavy atom. The summed E-state index contributed by atoms with van der Waals surface area (Å²) in [6.07, 6.45) is 0.694.